The van der Waals surface area contributed by atoms with Crippen molar-refractivity contribution < 1.29 is 22.7 Å². The maximum absolute atomic E-state index is 12.8. The van der Waals surface area contributed by atoms with Crippen LogP contribution in [0.2, 0.25) is 10.0 Å². The van der Waals surface area contributed by atoms with Gasteiger partial charge in [-0.05, 0) is 48.5 Å². The number of nitrogens with one attached hydrogen (secondary N) is 3. The van der Waals surface area contributed by atoms with Gasteiger partial charge >= 0.3 is 0 Å². The maximum atomic E-state index is 12.8. The normalized spacial score (nSPS) is 10.8. The van der Waals surface area contributed by atoms with E-state index in [1.165, 1.54) is 49.6 Å². The summed E-state index contributed by atoms with van der Waals surface area (Å²) in [4.78, 5) is 24.5. The summed E-state index contributed by atoms with van der Waals surface area (Å²) in [5.41, 5.74) is 4.91. The second-order valence-electron chi connectivity index (χ2n) is 6.37. The number of hydrazine groups is 1. The quantitative estimate of drug-likeness (QED) is 0.451. The molecule has 0 bridgehead atoms. The zero-order valence-corrected chi connectivity index (χ0v) is 18.9. The predicted molar refractivity (Wildman–Crippen MR) is 122 cm³/mol. The average molecular weight is 494 g/mol. The van der Waals surface area contributed by atoms with Crippen LogP contribution in [0.4, 0.5) is 5.69 Å². The van der Waals surface area contributed by atoms with Gasteiger partial charge in [-0.25, -0.2) is 8.42 Å². The summed E-state index contributed by atoms with van der Waals surface area (Å²) in [6.45, 7) is 0. The van der Waals surface area contributed by atoms with E-state index in [9.17, 15) is 18.0 Å². The number of halogens is 2. The van der Waals surface area contributed by atoms with E-state index in [1.54, 1.807) is 24.3 Å². The number of carbonyl (C=O) groups is 2. The van der Waals surface area contributed by atoms with Crippen molar-refractivity contribution in [2.75, 3.05) is 11.8 Å². The van der Waals surface area contributed by atoms with Gasteiger partial charge in [0.15, 0.2) is 0 Å². The molecule has 0 heterocycles. The molecular weight excluding hydrogens is 477 g/mol. The average Bonchev–Trinajstić information content (AvgIpc) is 2.79. The summed E-state index contributed by atoms with van der Waals surface area (Å²) in [6, 6.07) is 16.1. The number of hydrogen-bond acceptors (Lipinski definition) is 5. The fourth-order valence-electron chi connectivity index (χ4n) is 2.63. The van der Waals surface area contributed by atoms with Gasteiger partial charge in [-0.3, -0.25) is 25.2 Å². The zero-order valence-electron chi connectivity index (χ0n) is 16.6. The van der Waals surface area contributed by atoms with Crippen LogP contribution in [-0.2, 0) is 10.0 Å². The highest BCUT2D eigenvalue weighted by atomic mass is 35.5. The van der Waals surface area contributed by atoms with Crippen LogP contribution in [0, 0.1) is 0 Å². The van der Waals surface area contributed by atoms with Crippen molar-refractivity contribution in [3.8, 4) is 5.75 Å². The molecule has 0 aliphatic heterocycles. The highest BCUT2D eigenvalue weighted by Gasteiger charge is 2.18. The SMILES string of the molecule is COc1ccccc1NS(=O)(=O)c1cccc(C(=O)NNC(=O)c2ccc(Cl)c(Cl)c2)c1. The van der Waals surface area contributed by atoms with Crippen molar-refractivity contribution in [2.24, 2.45) is 0 Å². The number of amides is 2. The Morgan fingerprint density at radius 1 is 0.812 bits per heavy atom. The van der Waals surface area contributed by atoms with E-state index in [2.05, 4.69) is 15.6 Å². The minimum atomic E-state index is -4.01. The lowest BCUT2D eigenvalue weighted by molar-refractivity contribution is 0.0846. The first-order chi connectivity index (χ1) is 15.2. The first-order valence-corrected chi connectivity index (χ1v) is 11.3. The molecule has 32 heavy (non-hydrogen) atoms. The van der Waals surface area contributed by atoms with Gasteiger partial charge in [-0.2, -0.15) is 0 Å². The first-order valence-electron chi connectivity index (χ1n) is 9.03. The van der Waals surface area contributed by atoms with Crippen LogP contribution in [0.25, 0.3) is 0 Å². The Balaban J connectivity index is 1.72. The van der Waals surface area contributed by atoms with Crippen molar-refractivity contribution in [1.29, 1.82) is 0 Å². The lowest BCUT2D eigenvalue weighted by Gasteiger charge is -2.12. The molecule has 0 saturated heterocycles. The molecule has 2 amide bonds. The van der Waals surface area contributed by atoms with Crippen LogP contribution in [0.5, 0.6) is 5.75 Å². The lowest BCUT2D eigenvalue weighted by atomic mass is 10.2. The van der Waals surface area contributed by atoms with Gasteiger partial charge in [-0.1, -0.05) is 41.4 Å². The van der Waals surface area contributed by atoms with Crippen molar-refractivity contribution in [3.05, 3.63) is 87.9 Å². The number of benzene rings is 3. The molecule has 3 aromatic carbocycles. The molecule has 3 aromatic rings. The third kappa shape index (κ3) is 5.50. The van der Waals surface area contributed by atoms with Gasteiger partial charge in [0.1, 0.15) is 5.75 Å². The Bertz CT molecular complexity index is 1280. The molecule has 0 unspecified atom stereocenters. The monoisotopic (exact) mass is 493 g/mol. The molecule has 0 spiro atoms. The van der Waals surface area contributed by atoms with Crippen LogP contribution in [0.1, 0.15) is 20.7 Å². The van der Waals surface area contributed by atoms with Crippen molar-refractivity contribution in [3.63, 3.8) is 0 Å². The number of sulfonamides is 1. The molecule has 11 heteroatoms. The Hall–Kier alpha value is -3.27. The predicted octanol–water partition coefficient (Wildman–Crippen LogP) is 3.88. The Kier molecular flexibility index (Phi) is 7.24. The first kappa shape index (κ1) is 23.4. The summed E-state index contributed by atoms with van der Waals surface area (Å²) < 4.78 is 33.1. The summed E-state index contributed by atoms with van der Waals surface area (Å²) >= 11 is 11.7. The molecule has 0 saturated carbocycles. The van der Waals surface area contributed by atoms with E-state index in [-0.39, 0.29) is 31.8 Å². The van der Waals surface area contributed by atoms with Gasteiger partial charge in [-0.15, -0.1) is 0 Å². The van der Waals surface area contributed by atoms with E-state index in [1.807, 2.05) is 0 Å². The van der Waals surface area contributed by atoms with E-state index < -0.39 is 21.8 Å². The zero-order chi connectivity index (χ0) is 23.3. The van der Waals surface area contributed by atoms with Crippen molar-refractivity contribution >= 4 is 50.7 Å². The number of methoxy groups -OCH3 is 1. The van der Waals surface area contributed by atoms with E-state index >= 15 is 0 Å². The van der Waals surface area contributed by atoms with E-state index in [0.29, 0.717) is 5.75 Å². The minimum absolute atomic E-state index is 0.0161. The standard InChI is InChI=1S/C21H17Cl2N3O5S/c1-31-19-8-3-2-7-18(19)26-32(29,30)15-6-4-5-13(11-15)20(27)24-25-21(28)14-9-10-16(22)17(23)12-14/h2-12,26H,1H3,(H,24,27)(H,25,28). The molecule has 0 aliphatic rings. The molecule has 166 valence electrons. The number of anilines is 1. The molecule has 0 aromatic heterocycles. The number of carbonyl (C=O) groups excluding carboxylic acids is 2. The third-order valence-electron chi connectivity index (χ3n) is 4.23. The summed E-state index contributed by atoms with van der Waals surface area (Å²) in [5.74, 6) is -0.999. The van der Waals surface area contributed by atoms with Crippen LogP contribution >= 0.6 is 23.2 Å². The highest BCUT2D eigenvalue weighted by molar-refractivity contribution is 7.92. The lowest BCUT2D eigenvalue weighted by Crippen LogP contribution is -2.41. The molecule has 0 radical (unpaired) electrons. The Morgan fingerprint density at radius 3 is 2.12 bits per heavy atom. The smallest absolute Gasteiger partial charge is 0.269 e. The van der Waals surface area contributed by atoms with Gasteiger partial charge < -0.3 is 4.74 Å². The van der Waals surface area contributed by atoms with Gasteiger partial charge in [0.2, 0.25) is 0 Å². The fraction of sp³-hybridized carbons (Fsp3) is 0.0476. The van der Waals surface area contributed by atoms with Crippen LogP contribution in [-0.4, -0.2) is 27.3 Å². The summed E-state index contributed by atoms with van der Waals surface area (Å²) in [5, 5.41) is 0.470. The third-order valence-corrected chi connectivity index (χ3v) is 6.33. The van der Waals surface area contributed by atoms with Crippen LogP contribution < -0.4 is 20.3 Å². The van der Waals surface area contributed by atoms with E-state index in [0.717, 1.165) is 0 Å². The number of para-hydroxylation sites is 2. The topological polar surface area (TPSA) is 114 Å². The van der Waals surface area contributed by atoms with Gasteiger partial charge in [0.25, 0.3) is 21.8 Å². The largest absolute Gasteiger partial charge is 0.495 e. The summed E-state index contributed by atoms with van der Waals surface area (Å²) in [6.07, 6.45) is 0. The van der Waals surface area contributed by atoms with Gasteiger partial charge in [0.05, 0.1) is 27.7 Å². The second-order valence-corrected chi connectivity index (χ2v) is 8.87. The molecular formula is C21H17Cl2N3O5S. The minimum Gasteiger partial charge on any atom is -0.495 e. The molecule has 3 rings (SSSR count). The number of hydrogen-bond donors (Lipinski definition) is 3. The molecule has 8 nitrogen and oxygen atoms in total. The van der Waals surface area contributed by atoms with Crippen molar-refractivity contribution in [1.82, 2.24) is 10.9 Å². The van der Waals surface area contributed by atoms with E-state index in [4.69, 9.17) is 27.9 Å². The molecule has 0 atom stereocenters. The Morgan fingerprint density at radius 2 is 1.47 bits per heavy atom. The summed E-state index contributed by atoms with van der Waals surface area (Å²) in [7, 11) is -2.59. The van der Waals surface area contributed by atoms with Crippen LogP contribution in [0.3, 0.4) is 0 Å². The maximum Gasteiger partial charge on any atom is 0.269 e. The Labute approximate surface area is 194 Å². The van der Waals surface area contributed by atoms with Crippen LogP contribution in [0.15, 0.2) is 71.6 Å². The highest BCUT2D eigenvalue weighted by Crippen LogP contribution is 2.26. The second kappa shape index (κ2) is 9.90. The molecule has 0 aliphatic carbocycles. The number of ether oxygens (including phenoxy) is 1. The molecule has 0 fully saturated rings. The van der Waals surface area contributed by atoms with Gasteiger partial charge in [0, 0.05) is 11.1 Å². The molecule has 3 N–H and O–H groups in total. The fourth-order valence-corrected chi connectivity index (χ4v) is 4.05. The van der Waals surface area contributed by atoms with Crippen molar-refractivity contribution in [2.45, 2.75) is 4.90 Å². The number of rotatable bonds is 6.